The molecule has 18 heavy (non-hydrogen) atoms. The van der Waals surface area contributed by atoms with Gasteiger partial charge in [0.15, 0.2) is 5.78 Å². The summed E-state index contributed by atoms with van der Waals surface area (Å²) < 4.78 is 0.358. The molecule has 90 valence electrons. The average molecular weight is 306 g/mol. The molecule has 0 unspecified atom stereocenters. The van der Waals surface area contributed by atoms with Crippen LogP contribution in [0.15, 0.2) is 53.0 Å². The van der Waals surface area contributed by atoms with E-state index in [2.05, 4.69) is 15.9 Å². The van der Waals surface area contributed by atoms with Crippen molar-refractivity contribution in [2.45, 2.75) is 0 Å². The predicted octanol–water partition coefficient (Wildman–Crippen LogP) is 3.59. The summed E-state index contributed by atoms with van der Waals surface area (Å²) >= 11 is 3.08. The highest BCUT2D eigenvalue weighted by atomic mass is 79.9. The number of nitro groups is 1. The molecule has 2 aromatic rings. The van der Waals surface area contributed by atoms with Crippen molar-refractivity contribution in [3.8, 4) is 0 Å². The molecular formula is C13H8BrNO3. The van der Waals surface area contributed by atoms with E-state index < -0.39 is 4.92 Å². The minimum atomic E-state index is -0.522. The largest absolute Gasteiger partial charge is 0.289 e. The van der Waals surface area contributed by atoms with Crippen LogP contribution >= 0.6 is 15.9 Å². The van der Waals surface area contributed by atoms with Crippen LogP contribution in [-0.2, 0) is 0 Å². The second-order valence-electron chi connectivity index (χ2n) is 3.62. The highest BCUT2D eigenvalue weighted by Crippen LogP contribution is 2.26. The molecule has 0 spiro atoms. The zero-order valence-corrected chi connectivity index (χ0v) is 10.8. The van der Waals surface area contributed by atoms with Crippen molar-refractivity contribution in [3.63, 3.8) is 0 Å². The number of hydrogen-bond donors (Lipinski definition) is 0. The molecular weight excluding hydrogens is 298 g/mol. The highest BCUT2D eigenvalue weighted by Gasteiger charge is 2.16. The van der Waals surface area contributed by atoms with Gasteiger partial charge in [0, 0.05) is 17.2 Å². The fraction of sp³-hybridized carbons (Fsp3) is 0. The van der Waals surface area contributed by atoms with E-state index in [4.69, 9.17) is 0 Å². The van der Waals surface area contributed by atoms with Crippen LogP contribution in [-0.4, -0.2) is 10.7 Å². The molecule has 0 aliphatic heterocycles. The lowest BCUT2D eigenvalue weighted by Gasteiger charge is -2.02. The molecule has 0 amide bonds. The number of nitrogens with zero attached hydrogens (tertiary/aromatic N) is 1. The van der Waals surface area contributed by atoms with Gasteiger partial charge in [-0.1, -0.05) is 30.3 Å². The Morgan fingerprint density at radius 3 is 2.33 bits per heavy atom. The first-order valence-electron chi connectivity index (χ1n) is 5.13. The summed E-state index contributed by atoms with van der Waals surface area (Å²) in [5, 5.41) is 10.8. The average Bonchev–Trinajstić information content (AvgIpc) is 2.39. The molecule has 0 fully saturated rings. The zero-order chi connectivity index (χ0) is 13.1. The lowest BCUT2D eigenvalue weighted by molar-refractivity contribution is -0.385. The number of carbonyl (C=O) groups excluding carboxylic acids is 1. The first-order valence-corrected chi connectivity index (χ1v) is 5.92. The first kappa shape index (κ1) is 12.4. The van der Waals surface area contributed by atoms with Gasteiger partial charge < -0.3 is 0 Å². The topological polar surface area (TPSA) is 60.2 Å². The quantitative estimate of drug-likeness (QED) is 0.494. The summed E-state index contributed by atoms with van der Waals surface area (Å²) in [6.45, 7) is 0. The third-order valence-electron chi connectivity index (χ3n) is 2.44. The SMILES string of the molecule is O=C(c1ccccc1)c1ccc(Br)c([N+](=O)[O-])c1. The monoisotopic (exact) mass is 305 g/mol. The molecule has 0 N–H and O–H groups in total. The van der Waals surface area contributed by atoms with Gasteiger partial charge in [-0.3, -0.25) is 14.9 Å². The normalized spacial score (nSPS) is 10.1. The second-order valence-corrected chi connectivity index (χ2v) is 4.47. The molecule has 0 heterocycles. The minimum Gasteiger partial charge on any atom is -0.289 e. The van der Waals surface area contributed by atoms with Crippen molar-refractivity contribution < 1.29 is 9.72 Å². The van der Waals surface area contributed by atoms with Gasteiger partial charge in [0.1, 0.15) is 0 Å². The highest BCUT2D eigenvalue weighted by molar-refractivity contribution is 9.10. The lowest BCUT2D eigenvalue weighted by Crippen LogP contribution is -2.02. The summed E-state index contributed by atoms with van der Waals surface area (Å²) in [5.74, 6) is -0.230. The number of halogens is 1. The van der Waals surface area contributed by atoms with E-state index in [1.165, 1.54) is 12.1 Å². The number of rotatable bonds is 3. The van der Waals surface area contributed by atoms with Crippen LogP contribution in [0.25, 0.3) is 0 Å². The van der Waals surface area contributed by atoms with Crippen molar-refractivity contribution in [1.82, 2.24) is 0 Å². The van der Waals surface area contributed by atoms with Gasteiger partial charge in [0.05, 0.1) is 9.40 Å². The van der Waals surface area contributed by atoms with E-state index in [9.17, 15) is 14.9 Å². The van der Waals surface area contributed by atoms with Gasteiger partial charge in [0.2, 0.25) is 0 Å². The third kappa shape index (κ3) is 2.46. The van der Waals surface area contributed by atoms with Crippen molar-refractivity contribution in [1.29, 1.82) is 0 Å². The van der Waals surface area contributed by atoms with E-state index in [0.29, 0.717) is 15.6 Å². The molecule has 0 aliphatic carbocycles. The molecule has 2 aromatic carbocycles. The number of hydrogen-bond acceptors (Lipinski definition) is 3. The fourth-order valence-electron chi connectivity index (χ4n) is 1.55. The molecule has 0 bridgehead atoms. The van der Waals surface area contributed by atoms with Crippen LogP contribution in [0.3, 0.4) is 0 Å². The Morgan fingerprint density at radius 2 is 1.72 bits per heavy atom. The van der Waals surface area contributed by atoms with Crippen LogP contribution in [0.5, 0.6) is 0 Å². The Labute approximate surface area is 112 Å². The van der Waals surface area contributed by atoms with Gasteiger partial charge in [-0.25, -0.2) is 0 Å². The van der Waals surface area contributed by atoms with Crippen LogP contribution in [0.4, 0.5) is 5.69 Å². The maximum atomic E-state index is 12.1. The molecule has 0 saturated heterocycles. The van der Waals surface area contributed by atoms with E-state index in [1.54, 1.807) is 36.4 Å². The first-order chi connectivity index (χ1) is 8.59. The van der Waals surface area contributed by atoms with Crippen LogP contribution < -0.4 is 0 Å². The van der Waals surface area contributed by atoms with Crippen molar-refractivity contribution in [2.24, 2.45) is 0 Å². The Kier molecular flexibility index (Phi) is 3.53. The van der Waals surface area contributed by atoms with Gasteiger partial charge in [-0.2, -0.15) is 0 Å². The van der Waals surface area contributed by atoms with E-state index in [-0.39, 0.29) is 11.5 Å². The Hall–Kier alpha value is -2.01. The van der Waals surface area contributed by atoms with Crippen LogP contribution in [0, 0.1) is 10.1 Å². The molecule has 0 atom stereocenters. The Morgan fingerprint density at radius 1 is 1.06 bits per heavy atom. The summed E-state index contributed by atoms with van der Waals surface area (Å²) in [7, 11) is 0. The number of carbonyl (C=O) groups is 1. The maximum Gasteiger partial charge on any atom is 0.284 e. The Bertz CT molecular complexity index is 611. The minimum absolute atomic E-state index is 0.114. The van der Waals surface area contributed by atoms with Gasteiger partial charge in [-0.15, -0.1) is 0 Å². The van der Waals surface area contributed by atoms with Crippen LogP contribution in [0.1, 0.15) is 15.9 Å². The van der Waals surface area contributed by atoms with Crippen molar-refractivity contribution in [3.05, 3.63) is 74.2 Å². The summed E-state index contributed by atoms with van der Waals surface area (Å²) in [5.41, 5.74) is 0.696. The molecule has 0 radical (unpaired) electrons. The number of nitro benzene ring substituents is 1. The van der Waals surface area contributed by atoms with E-state index in [1.807, 2.05) is 0 Å². The predicted molar refractivity (Wildman–Crippen MR) is 70.7 cm³/mol. The maximum absolute atomic E-state index is 12.1. The second kappa shape index (κ2) is 5.10. The van der Waals surface area contributed by atoms with Crippen LogP contribution in [0.2, 0.25) is 0 Å². The van der Waals surface area contributed by atoms with Gasteiger partial charge >= 0.3 is 0 Å². The Balaban J connectivity index is 2.44. The molecule has 0 aliphatic rings. The standard InChI is InChI=1S/C13H8BrNO3/c14-11-7-6-10(8-12(11)15(17)18)13(16)9-4-2-1-3-5-9/h1-8H. The van der Waals surface area contributed by atoms with E-state index in [0.717, 1.165) is 0 Å². The molecule has 4 nitrogen and oxygen atoms in total. The van der Waals surface area contributed by atoms with Gasteiger partial charge in [-0.05, 0) is 28.1 Å². The fourth-order valence-corrected chi connectivity index (χ4v) is 1.94. The molecule has 0 saturated carbocycles. The summed E-state index contributed by atoms with van der Waals surface area (Å²) in [6.07, 6.45) is 0. The summed E-state index contributed by atoms with van der Waals surface area (Å²) in [4.78, 5) is 22.4. The lowest BCUT2D eigenvalue weighted by atomic mass is 10.0. The number of benzene rings is 2. The van der Waals surface area contributed by atoms with E-state index >= 15 is 0 Å². The molecule has 5 heteroatoms. The van der Waals surface area contributed by atoms with Gasteiger partial charge in [0.25, 0.3) is 5.69 Å². The summed E-state index contributed by atoms with van der Waals surface area (Å²) in [6, 6.07) is 13.0. The smallest absolute Gasteiger partial charge is 0.284 e. The van der Waals surface area contributed by atoms with Crippen molar-refractivity contribution in [2.75, 3.05) is 0 Å². The zero-order valence-electron chi connectivity index (χ0n) is 9.17. The molecule has 2 rings (SSSR count). The third-order valence-corrected chi connectivity index (χ3v) is 3.11. The number of ketones is 1. The van der Waals surface area contributed by atoms with Crippen molar-refractivity contribution >= 4 is 27.4 Å². The molecule has 0 aromatic heterocycles.